The van der Waals surface area contributed by atoms with Gasteiger partial charge < -0.3 is 9.32 Å². The Bertz CT molecular complexity index is 1290. The summed E-state index contributed by atoms with van der Waals surface area (Å²) < 4.78 is 6.48. The number of nitrogens with zero attached hydrogens (tertiary/aromatic N) is 4. The maximum absolute atomic E-state index is 13.0. The summed E-state index contributed by atoms with van der Waals surface area (Å²) in [6.45, 7) is 2.03. The Morgan fingerprint density at radius 1 is 1.09 bits per heavy atom. The third-order valence-electron chi connectivity index (χ3n) is 6.31. The molecule has 2 aliphatic heterocycles. The minimum absolute atomic E-state index is 0.177. The summed E-state index contributed by atoms with van der Waals surface area (Å²) in [5.74, 6) is 1.16. The SMILES string of the molecule is N#Cc1nc(/C=C2/SC(=S)N(Cc3ccccc3)C2=O)oc1N1CCC(Cc2ccccc2)CC1. The van der Waals surface area contributed by atoms with Crippen molar-refractivity contribution in [2.75, 3.05) is 18.0 Å². The number of rotatable bonds is 6. The van der Waals surface area contributed by atoms with Crippen LogP contribution in [-0.2, 0) is 17.8 Å². The number of carbonyl (C=O) groups excluding carboxylic acids is 1. The second-order valence-corrected chi connectivity index (χ2v) is 10.4. The second kappa shape index (κ2) is 10.5. The summed E-state index contributed by atoms with van der Waals surface area (Å²) in [4.78, 5) is 21.4. The van der Waals surface area contributed by atoms with Gasteiger partial charge in [-0.25, -0.2) is 0 Å². The molecule has 2 aromatic carbocycles. The van der Waals surface area contributed by atoms with Crippen LogP contribution < -0.4 is 4.90 Å². The Kier molecular flexibility index (Phi) is 6.98. The van der Waals surface area contributed by atoms with Gasteiger partial charge in [0.05, 0.1) is 11.4 Å². The van der Waals surface area contributed by atoms with E-state index in [1.54, 1.807) is 11.0 Å². The molecule has 0 radical (unpaired) electrons. The third kappa shape index (κ3) is 5.31. The van der Waals surface area contributed by atoms with E-state index in [1.165, 1.54) is 17.3 Å². The molecule has 0 aliphatic carbocycles. The topological polar surface area (TPSA) is 73.4 Å². The van der Waals surface area contributed by atoms with Crippen molar-refractivity contribution in [3.05, 3.63) is 88.3 Å². The number of oxazole rings is 1. The number of nitriles is 1. The zero-order valence-corrected chi connectivity index (χ0v) is 20.7. The highest BCUT2D eigenvalue weighted by atomic mass is 32.2. The van der Waals surface area contributed by atoms with Crippen molar-refractivity contribution in [2.24, 2.45) is 5.92 Å². The molecule has 2 aliphatic rings. The maximum Gasteiger partial charge on any atom is 0.266 e. The Morgan fingerprint density at radius 2 is 1.74 bits per heavy atom. The van der Waals surface area contributed by atoms with E-state index in [1.807, 2.05) is 36.4 Å². The number of anilines is 1. The summed E-state index contributed by atoms with van der Waals surface area (Å²) in [5, 5.41) is 9.65. The normalized spacial score (nSPS) is 17.9. The van der Waals surface area contributed by atoms with Crippen molar-refractivity contribution in [1.82, 2.24) is 9.88 Å². The molecule has 35 heavy (non-hydrogen) atoms. The van der Waals surface area contributed by atoms with E-state index in [2.05, 4.69) is 40.2 Å². The average Bonchev–Trinajstić information content (AvgIpc) is 3.41. The van der Waals surface area contributed by atoms with Crippen molar-refractivity contribution in [1.29, 1.82) is 5.26 Å². The quantitative estimate of drug-likeness (QED) is 0.331. The first-order valence-electron chi connectivity index (χ1n) is 11.6. The van der Waals surface area contributed by atoms with Crippen LogP contribution in [0.4, 0.5) is 5.88 Å². The molecule has 0 spiro atoms. The molecule has 2 fully saturated rings. The van der Waals surface area contributed by atoms with Crippen LogP contribution in [0, 0.1) is 17.2 Å². The van der Waals surface area contributed by atoms with Crippen LogP contribution in [0.25, 0.3) is 6.08 Å². The second-order valence-electron chi connectivity index (χ2n) is 8.69. The highest BCUT2D eigenvalue weighted by Crippen LogP contribution is 2.35. The molecular weight excluding hydrogens is 476 g/mol. The van der Waals surface area contributed by atoms with E-state index in [0.29, 0.717) is 27.6 Å². The molecule has 176 valence electrons. The molecule has 1 aromatic heterocycles. The molecule has 0 saturated carbocycles. The number of hydrogen-bond acceptors (Lipinski definition) is 7. The molecule has 2 saturated heterocycles. The minimum Gasteiger partial charge on any atom is -0.420 e. The van der Waals surface area contributed by atoms with Crippen molar-refractivity contribution < 1.29 is 9.21 Å². The first-order valence-corrected chi connectivity index (χ1v) is 12.8. The standard InChI is InChI=1S/C27H24N4O2S2/c28-17-22-26(30-13-11-20(12-14-30)15-19-7-3-1-4-8-19)33-24(29-22)16-23-25(32)31(27(34)35-23)18-21-9-5-2-6-10-21/h1-10,16,20H,11-15,18H2/b23-16+. The Balaban J connectivity index is 1.27. The van der Waals surface area contributed by atoms with Gasteiger partial charge in [-0.1, -0.05) is 84.6 Å². The van der Waals surface area contributed by atoms with Crippen LogP contribution in [0.2, 0.25) is 0 Å². The molecule has 6 nitrogen and oxygen atoms in total. The van der Waals surface area contributed by atoms with E-state index < -0.39 is 0 Å². The van der Waals surface area contributed by atoms with E-state index >= 15 is 0 Å². The Morgan fingerprint density at radius 3 is 2.40 bits per heavy atom. The van der Waals surface area contributed by atoms with E-state index in [9.17, 15) is 10.1 Å². The van der Waals surface area contributed by atoms with Crippen LogP contribution in [0.15, 0.2) is 70.0 Å². The maximum atomic E-state index is 13.0. The lowest BCUT2D eigenvalue weighted by atomic mass is 9.90. The number of amides is 1. The predicted octanol–water partition coefficient (Wildman–Crippen LogP) is 5.41. The molecule has 1 amide bonds. The van der Waals surface area contributed by atoms with E-state index in [-0.39, 0.29) is 17.5 Å². The summed E-state index contributed by atoms with van der Waals surface area (Å²) in [6, 6.07) is 22.4. The number of carbonyl (C=O) groups is 1. The fourth-order valence-corrected chi connectivity index (χ4v) is 5.70. The fourth-order valence-electron chi connectivity index (χ4n) is 4.48. The molecule has 3 heterocycles. The van der Waals surface area contributed by atoms with Gasteiger partial charge in [0.15, 0.2) is 0 Å². The molecule has 3 aromatic rings. The van der Waals surface area contributed by atoms with Crippen molar-refractivity contribution >= 4 is 46.2 Å². The molecule has 0 N–H and O–H groups in total. The first-order chi connectivity index (χ1) is 17.1. The summed E-state index contributed by atoms with van der Waals surface area (Å²) >= 11 is 6.67. The molecule has 0 unspecified atom stereocenters. The molecule has 0 bridgehead atoms. The number of thiocarbonyl (C=S) groups is 1. The van der Waals surface area contributed by atoms with Gasteiger partial charge in [-0.3, -0.25) is 9.69 Å². The van der Waals surface area contributed by atoms with Crippen molar-refractivity contribution in [2.45, 2.75) is 25.8 Å². The van der Waals surface area contributed by atoms with Crippen LogP contribution in [0.5, 0.6) is 0 Å². The first kappa shape index (κ1) is 23.3. The Hall–Kier alpha value is -3.41. The number of thioether (sulfide) groups is 1. The van der Waals surface area contributed by atoms with Gasteiger partial charge in [0.2, 0.25) is 17.5 Å². The lowest BCUT2D eigenvalue weighted by Gasteiger charge is -2.31. The van der Waals surface area contributed by atoms with E-state index in [0.717, 1.165) is 37.9 Å². The minimum atomic E-state index is -0.177. The van der Waals surface area contributed by atoms with Crippen molar-refractivity contribution in [3.8, 4) is 6.07 Å². The molecule has 0 atom stereocenters. The van der Waals surface area contributed by atoms with Crippen molar-refractivity contribution in [3.63, 3.8) is 0 Å². The summed E-state index contributed by atoms with van der Waals surface area (Å²) in [7, 11) is 0. The average molecular weight is 501 g/mol. The molecule has 8 heteroatoms. The highest BCUT2D eigenvalue weighted by molar-refractivity contribution is 8.26. The Labute approximate surface area is 214 Å². The summed E-state index contributed by atoms with van der Waals surface area (Å²) in [6.07, 6.45) is 4.70. The van der Waals surface area contributed by atoms with Crippen LogP contribution in [0.1, 0.15) is 35.6 Å². The predicted molar refractivity (Wildman–Crippen MR) is 141 cm³/mol. The van der Waals surface area contributed by atoms with Gasteiger partial charge in [0, 0.05) is 19.2 Å². The van der Waals surface area contributed by atoms with Gasteiger partial charge in [0.1, 0.15) is 10.4 Å². The van der Waals surface area contributed by atoms with Crippen LogP contribution in [-0.4, -0.2) is 33.2 Å². The highest BCUT2D eigenvalue weighted by Gasteiger charge is 2.33. The monoisotopic (exact) mass is 500 g/mol. The number of piperidine rings is 1. The largest absolute Gasteiger partial charge is 0.420 e. The number of benzene rings is 2. The van der Waals surface area contributed by atoms with Gasteiger partial charge in [0.25, 0.3) is 5.91 Å². The van der Waals surface area contributed by atoms with Gasteiger partial charge in [-0.2, -0.15) is 10.2 Å². The fraction of sp³-hybridized carbons (Fsp3) is 0.259. The van der Waals surface area contributed by atoms with Crippen LogP contribution >= 0.6 is 24.0 Å². The molecular formula is C27H24N4O2S2. The van der Waals surface area contributed by atoms with Gasteiger partial charge in [-0.05, 0) is 36.3 Å². The third-order valence-corrected chi connectivity index (χ3v) is 7.69. The van der Waals surface area contributed by atoms with Gasteiger partial charge >= 0.3 is 0 Å². The molecule has 5 rings (SSSR count). The number of hydrogen-bond donors (Lipinski definition) is 0. The summed E-state index contributed by atoms with van der Waals surface area (Å²) in [5.41, 5.74) is 2.61. The van der Waals surface area contributed by atoms with E-state index in [4.69, 9.17) is 16.6 Å². The lowest BCUT2D eigenvalue weighted by Crippen LogP contribution is -2.34. The smallest absolute Gasteiger partial charge is 0.266 e. The lowest BCUT2D eigenvalue weighted by molar-refractivity contribution is -0.122. The number of aromatic nitrogens is 1. The van der Waals surface area contributed by atoms with Crippen LogP contribution in [0.3, 0.4) is 0 Å². The zero-order valence-electron chi connectivity index (χ0n) is 19.1. The van der Waals surface area contributed by atoms with Gasteiger partial charge in [-0.15, -0.1) is 0 Å². The zero-order chi connectivity index (χ0) is 24.2.